The number of amides is 1. The zero-order valence-electron chi connectivity index (χ0n) is 14.6. The molecule has 29 heavy (non-hydrogen) atoms. The number of nitrogens with zero attached hydrogens (tertiary/aromatic N) is 8. The predicted molar refractivity (Wildman–Crippen MR) is 97.6 cm³/mol. The highest BCUT2D eigenvalue weighted by atomic mass is 16.6. The lowest BCUT2D eigenvalue weighted by atomic mass is 10.2. The van der Waals surface area contributed by atoms with E-state index in [1.807, 2.05) is 30.3 Å². The Bertz CT molecular complexity index is 1160. The lowest BCUT2D eigenvalue weighted by molar-refractivity contribution is -0.121. The van der Waals surface area contributed by atoms with Gasteiger partial charge in [-0.05, 0) is 26.2 Å². The Morgan fingerprint density at radius 1 is 1.07 bits per heavy atom. The molecule has 1 amide bonds. The van der Waals surface area contributed by atoms with Crippen LogP contribution >= 0.6 is 0 Å². The first-order valence-corrected chi connectivity index (χ1v) is 8.10. The monoisotopic (exact) mass is 395 g/mol. The van der Waals surface area contributed by atoms with Crippen LogP contribution in [0, 0.1) is 0 Å². The molecule has 0 aliphatic rings. The fraction of sp³-hybridized carbons (Fsp3) is 0.0667. The number of carbonyl (C=O) groups excluding carboxylic acids is 1. The number of benzene rings is 1. The van der Waals surface area contributed by atoms with E-state index in [1.165, 1.54) is 10.9 Å². The molecule has 0 spiro atoms. The molecule has 0 atom stereocenters. The van der Waals surface area contributed by atoms with Gasteiger partial charge in [-0.3, -0.25) is 4.79 Å². The molecule has 14 nitrogen and oxygen atoms in total. The summed E-state index contributed by atoms with van der Waals surface area (Å²) in [5, 5.41) is 22.4. The Hall–Kier alpha value is -4.62. The third-order valence-electron chi connectivity index (χ3n) is 3.62. The Morgan fingerprint density at radius 3 is 2.41 bits per heavy atom. The van der Waals surface area contributed by atoms with E-state index in [1.54, 1.807) is 0 Å². The van der Waals surface area contributed by atoms with Crippen molar-refractivity contribution in [3.8, 4) is 23.0 Å². The van der Waals surface area contributed by atoms with Crippen molar-refractivity contribution < 1.29 is 14.1 Å². The second-order valence-electron chi connectivity index (χ2n) is 5.62. The number of hydrogen-bond donors (Lipinski definition) is 3. The number of hydrogen-bond acceptors (Lipinski definition) is 12. The maximum atomic E-state index is 12.3. The molecular weight excluding hydrogens is 382 g/mol. The quantitative estimate of drug-likeness (QED) is 0.285. The van der Waals surface area contributed by atoms with Gasteiger partial charge in [0.05, 0.1) is 6.21 Å². The minimum atomic E-state index is -0.476. The summed E-state index contributed by atoms with van der Waals surface area (Å²) in [6, 6.07) is 9.27. The molecule has 0 aliphatic heterocycles. The summed E-state index contributed by atoms with van der Waals surface area (Å²) >= 11 is 0. The van der Waals surface area contributed by atoms with E-state index in [4.69, 9.17) is 11.5 Å². The standard InChI is InChI=1S/C15H13N11O3/c16-12-10(22-28-24-12)14-19-15(11-13(17)25-29-23-11)26(21-14)7-9(27)20-18-6-8-4-2-1-3-5-8/h1-6H,7H2,(H2,16,24)(H2,17,25)(H,20,27)/b18-6-. The van der Waals surface area contributed by atoms with E-state index in [2.05, 4.69) is 50.5 Å². The van der Waals surface area contributed by atoms with Gasteiger partial charge in [-0.15, -0.1) is 5.10 Å². The Labute approximate surface area is 161 Å². The fourth-order valence-corrected chi connectivity index (χ4v) is 2.32. The van der Waals surface area contributed by atoms with E-state index in [-0.39, 0.29) is 41.2 Å². The Kier molecular flexibility index (Phi) is 4.63. The van der Waals surface area contributed by atoms with E-state index in [0.717, 1.165) is 5.56 Å². The molecule has 146 valence electrons. The number of carbonyl (C=O) groups is 1. The van der Waals surface area contributed by atoms with Crippen molar-refractivity contribution in [2.45, 2.75) is 6.54 Å². The van der Waals surface area contributed by atoms with Crippen LogP contribution in [0.15, 0.2) is 44.7 Å². The number of anilines is 2. The van der Waals surface area contributed by atoms with Crippen LogP contribution in [0.3, 0.4) is 0 Å². The van der Waals surface area contributed by atoms with E-state index < -0.39 is 5.91 Å². The molecule has 3 aromatic heterocycles. The molecule has 0 radical (unpaired) electrons. The number of nitrogen functional groups attached to an aromatic ring is 2. The third kappa shape index (κ3) is 3.75. The molecule has 3 heterocycles. The largest absolute Gasteiger partial charge is 0.379 e. The van der Waals surface area contributed by atoms with Gasteiger partial charge in [-0.2, -0.15) is 5.10 Å². The summed E-state index contributed by atoms with van der Waals surface area (Å²) in [6.07, 6.45) is 1.51. The smallest absolute Gasteiger partial charge is 0.261 e. The summed E-state index contributed by atoms with van der Waals surface area (Å²) < 4.78 is 10.4. The van der Waals surface area contributed by atoms with Gasteiger partial charge in [-0.25, -0.2) is 24.3 Å². The number of nitrogens with one attached hydrogen (secondary N) is 1. The van der Waals surface area contributed by atoms with Gasteiger partial charge in [-0.1, -0.05) is 30.3 Å². The van der Waals surface area contributed by atoms with Gasteiger partial charge in [0.25, 0.3) is 5.91 Å². The first-order chi connectivity index (χ1) is 14.1. The van der Waals surface area contributed by atoms with Gasteiger partial charge >= 0.3 is 0 Å². The molecule has 0 bridgehead atoms. The molecular formula is C15H13N11O3. The zero-order chi connectivity index (χ0) is 20.2. The van der Waals surface area contributed by atoms with Crippen molar-refractivity contribution >= 4 is 23.8 Å². The van der Waals surface area contributed by atoms with Crippen molar-refractivity contribution in [2.75, 3.05) is 11.5 Å². The topological polar surface area (TPSA) is 202 Å². The van der Waals surface area contributed by atoms with Crippen LogP contribution < -0.4 is 16.9 Å². The van der Waals surface area contributed by atoms with Crippen LogP contribution in [-0.2, 0) is 11.3 Å². The molecule has 0 saturated heterocycles. The molecule has 14 heteroatoms. The predicted octanol–water partition coefficient (Wildman–Crippen LogP) is -0.307. The summed E-state index contributed by atoms with van der Waals surface area (Å²) in [6.45, 7) is -0.258. The lowest BCUT2D eigenvalue weighted by Crippen LogP contribution is -2.24. The summed E-state index contributed by atoms with van der Waals surface area (Å²) in [7, 11) is 0. The second-order valence-corrected chi connectivity index (χ2v) is 5.62. The fourth-order valence-electron chi connectivity index (χ4n) is 2.32. The first-order valence-electron chi connectivity index (χ1n) is 8.10. The van der Waals surface area contributed by atoms with Gasteiger partial charge in [0.1, 0.15) is 6.54 Å². The Balaban J connectivity index is 1.58. The van der Waals surface area contributed by atoms with Crippen molar-refractivity contribution in [1.82, 2.24) is 40.8 Å². The van der Waals surface area contributed by atoms with Crippen molar-refractivity contribution in [3.05, 3.63) is 35.9 Å². The first kappa shape index (κ1) is 17.8. The number of hydrazone groups is 1. The third-order valence-corrected chi connectivity index (χ3v) is 3.62. The Morgan fingerprint density at radius 2 is 1.76 bits per heavy atom. The number of nitrogens with two attached hydrogens (primary N) is 2. The molecule has 0 aliphatic carbocycles. The van der Waals surface area contributed by atoms with E-state index in [0.29, 0.717) is 0 Å². The van der Waals surface area contributed by atoms with Crippen LogP contribution in [0.25, 0.3) is 23.0 Å². The van der Waals surface area contributed by atoms with Crippen molar-refractivity contribution in [2.24, 2.45) is 5.10 Å². The highest BCUT2D eigenvalue weighted by Gasteiger charge is 2.24. The SMILES string of the molecule is Nc1nonc1-c1nc(-c2nonc2N)n(CC(=O)N/N=C\c2ccccc2)n1. The van der Waals surface area contributed by atoms with E-state index >= 15 is 0 Å². The van der Waals surface area contributed by atoms with Crippen molar-refractivity contribution in [3.63, 3.8) is 0 Å². The molecule has 4 aromatic rings. The average Bonchev–Trinajstić information content (AvgIpc) is 3.42. The molecule has 0 unspecified atom stereocenters. The molecule has 1 aromatic carbocycles. The van der Waals surface area contributed by atoms with Gasteiger partial charge in [0.2, 0.25) is 5.82 Å². The van der Waals surface area contributed by atoms with Crippen molar-refractivity contribution in [1.29, 1.82) is 0 Å². The van der Waals surface area contributed by atoms with Gasteiger partial charge in [0.15, 0.2) is 28.8 Å². The second kappa shape index (κ2) is 7.55. The van der Waals surface area contributed by atoms with Crippen LogP contribution in [0.5, 0.6) is 0 Å². The molecule has 0 saturated carbocycles. The van der Waals surface area contributed by atoms with Gasteiger partial charge in [0, 0.05) is 0 Å². The van der Waals surface area contributed by atoms with Crippen LogP contribution in [0.4, 0.5) is 11.6 Å². The highest BCUT2D eigenvalue weighted by molar-refractivity contribution is 5.82. The summed E-state index contributed by atoms with van der Waals surface area (Å²) in [5.41, 5.74) is 14.8. The lowest BCUT2D eigenvalue weighted by Gasteiger charge is -2.02. The summed E-state index contributed by atoms with van der Waals surface area (Å²) in [5.74, 6) is -0.350. The molecule has 0 fully saturated rings. The highest BCUT2D eigenvalue weighted by Crippen LogP contribution is 2.25. The normalized spacial score (nSPS) is 11.2. The average molecular weight is 395 g/mol. The van der Waals surface area contributed by atoms with Crippen LogP contribution in [0.1, 0.15) is 5.56 Å². The molecule has 4 rings (SSSR count). The minimum absolute atomic E-state index is 0.0168. The minimum Gasteiger partial charge on any atom is -0.379 e. The van der Waals surface area contributed by atoms with Gasteiger partial charge < -0.3 is 11.5 Å². The summed E-state index contributed by atoms with van der Waals surface area (Å²) in [4.78, 5) is 16.5. The van der Waals surface area contributed by atoms with Crippen LogP contribution in [-0.4, -0.2) is 47.5 Å². The maximum absolute atomic E-state index is 12.3. The molecule has 5 N–H and O–H groups in total. The number of rotatable bonds is 6. The number of aromatic nitrogens is 7. The maximum Gasteiger partial charge on any atom is 0.261 e. The van der Waals surface area contributed by atoms with Crippen LogP contribution in [0.2, 0.25) is 0 Å². The van der Waals surface area contributed by atoms with E-state index in [9.17, 15) is 4.79 Å². The zero-order valence-corrected chi connectivity index (χ0v) is 14.6.